The van der Waals surface area contributed by atoms with Crippen LogP contribution in [0.15, 0.2) is 78.9 Å². The van der Waals surface area contributed by atoms with E-state index in [1.165, 1.54) is 113 Å². The SMILES string of the molecule is CCCCCCC#Cc1cc(-c2ccc(C#Cc3cc(CCCCCCCC)ccc3CCCCCCCC)cc2)c(C(=O)O)c(-c2ccc(CC)cc2)c1. The number of aryl methyl sites for hydroxylation is 3. The molecule has 0 saturated carbocycles. The number of carboxylic acids is 1. The maximum absolute atomic E-state index is 13.0. The molecule has 0 atom stereocenters. The second-order valence-electron chi connectivity index (χ2n) is 15.3. The Labute approximate surface area is 334 Å². The summed E-state index contributed by atoms with van der Waals surface area (Å²) in [5.74, 6) is 12.8. The summed E-state index contributed by atoms with van der Waals surface area (Å²) < 4.78 is 0. The van der Waals surface area contributed by atoms with E-state index in [9.17, 15) is 9.90 Å². The van der Waals surface area contributed by atoms with E-state index in [1.807, 2.05) is 48.5 Å². The van der Waals surface area contributed by atoms with E-state index in [0.29, 0.717) is 16.7 Å². The van der Waals surface area contributed by atoms with Crippen LogP contribution in [0.5, 0.6) is 0 Å². The fraction of sp³-hybridized carbons (Fsp3) is 0.453. The van der Waals surface area contributed by atoms with Gasteiger partial charge in [0.2, 0.25) is 0 Å². The average molecular weight is 735 g/mol. The Morgan fingerprint density at radius 2 is 1.04 bits per heavy atom. The third-order valence-corrected chi connectivity index (χ3v) is 10.7. The highest BCUT2D eigenvalue weighted by molar-refractivity contribution is 6.03. The molecule has 4 aromatic carbocycles. The number of benzene rings is 4. The van der Waals surface area contributed by atoms with Gasteiger partial charge in [0.25, 0.3) is 0 Å². The first kappa shape index (κ1) is 43.2. The predicted octanol–water partition coefficient (Wildman–Crippen LogP) is 14.8. The minimum Gasteiger partial charge on any atom is -0.478 e. The number of aromatic carboxylic acids is 1. The van der Waals surface area contributed by atoms with Crippen molar-refractivity contribution in [2.75, 3.05) is 0 Å². The predicted molar refractivity (Wildman–Crippen MR) is 236 cm³/mol. The maximum Gasteiger partial charge on any atom is 0.336 e. The lowest BCUT2D eigenvalue weighted by atomic mass is 9.89. The quantitative estimate of drug-likeness (QED) is 0.0645. The minimum atomic E-state index is -0.939. The number of hydrogen-bond donors (Lipinski definition) is 1. The van der Waals surface area contributed by atoms with Gasteiger partial charge in [0.1, 0.15) is 0 Å². The van der Waals surface area contributed by atoms with Gasteiger partial charge in [0.15, 0.2) is 0 Å². The molecule has 2 nitrogen and oxygen atoms in total. The zero-order valence-electron chi connectivity index (χ0n) is 34.5. The van der Waals surface area contributed by atoms with Gasteiger partial charge in [0, 0.05) is 23.1 Å². The normalized spacial score (nSPS) is 10.8. The molecule has 0 unspecified atom stereocenters. The summed E-state index contributed by atoms with van der Waals surface area (Å²) in [6, 6.07) is 27.2. The summed E-state index contributed by atoms with van der Waals surface area (Å²) in [6.45, 7) is 8.89. The molecule has 0 aliphatic carbocycles. The highest BCUT2D eigenvalue weighted by Crippen LogP contribution is 2.35. The maximum atomic E-state index is 13.0. The molecule has 1 N–H and O–H groups in total. The van der Waals surface area contributed by atoms with Gasteiger partial charge in [-0.25, -0.2) is 4.79 Å². The van der Waals surface area contributed by atoms with Crippen molar-refractivity contribution in [1.82, 2.24) is 0 Å². The van der Waals surface area contributed by atoms with Crippen molar-refractivity contribution >= 4 is 5.97 Å². The fourth-order valence-electron chi connectivity index (χ4n) is 7.32. The van der Waals surface area contributed by atoms with Crippen molar-refractivity contribution in [1.29, 1.82) is 0 Å². The zero-order valence-corrected chi connectivity index (χ0v) is 34.5. The minimum absolute atomic E-state index is 0.304. The number of unbranched alkanes of at least 4 members (excludes halogenated alkanes) is 14. The summed E-state index contributed by atoms with van der Waals surface area (Å²) in [4.78, 5) is 13.0. The number of carboxylic acid groups (broad SMARTS) is 1. The van der Waals surface area contributed by atoms with Crippen LogP contribution in [0.1, 0.15) is 181 Å². The molecule has 0 aliphatic rings. The van der Waals surface area contributed by atoms with Gasteiger partial charge in [-0.2, -0.15) is 0 Å². The molecular formula is C53H66O2. The average Bonchev–Trinajstić information content (AvgIpc) is 3.21. The van der Waals surface area contributed by atoms with Crippen LogP contribution in [0.25, 0.3) is 22.3 Å². The Kier molecular flexibility index (Phi) is 19.5. The Balaban J connectivity index is 1.63. The number of rotatable bonds is 22. The van der Waals surface area contributed by atoms with E-state index >= 15 is 0 Å². The lowest BCUT2D eigenvalue weighted by molar-refractivity contribution is 0.0698. The Hall–Kier alpha value is -4.53. The van der Waals surface area contributed by atoms with Crippen LogP contribution in [0, 0.1) is 23.7 Å². The molecule has 290 valence electrons. The van der Waals surface area contributed by atoms with Gasteiger partial charge >= 0.3 is 5.97 Å². The molecule has 2 heteroatoms. The molecule has 0 heterocycles. The third-order valence-electron chi connectivity index (χ3n) is 10.7. The van der Waals surface area contributed by atoms with Crippen LogP contribution in [0.4, 0.5) is 0 Å². The number of hydrogen-bond acceptors (Lipinski definition) is 1. The lowest BCUT2D eigenvalue weighted by Crippen LogP contribution is -2.04. The van der Waals surface area contributed by atoms with Crippen LogP contribution in [-0.2, 0) is 19.3 Å². The van der Waals surface area contributed by atoms with Crippen LogP contribution in [0.2, 0.25) is 0 Å². The van der Waals surface area contributed by atoms with E-state index < -0.39 is 5.97 Å². The number of carbonyl (C=O) groups is 1. The van der Waals surface area contributed by atoms with E-state index in [2.05, 4.69) is 81.7 Å². The summed E-state index contributed by atoms with van der Waals surface area (Å²) >= 11 is 0. The largest absolute Gasteiger partial charge is 0.478 e. The summed E-state index contributed by atoms with van der Waals surface area (Å²) in [5, 5.41) is 10.6. The van der Waals surface area contributed by atoms with Gasteiger partial charge < -0.3 is 5.11 Å². The Morgan fingerprint density at radius 3 is 1.62 bits per heavy atom. The molecule has 0 saturated heterocycles. The van der Waals surface area contributed by atoms with Gasteiger partial charge in [-0.3, -0.25) is 0 Å². The molecule has 55 heavy (non-hydrogen) atoms. The van der Waals surface area contributed by atoms with E-state index in [1.54, 1.807) is 0 Å². The van der Waals surface area contributed by atoms with Crippen molar-refractivity contribution in [3.8, 4) is 45.9 Å². The molecular weight excluding hydrogens is 669 g/mol. The van der Waals surface area contributed by atoms with Gasteiger partial charge in [-0.1, -0.05) is 183 Å². The topological polar surface area (TPSA) is 37.3 Å². The van der Waals surface area contributed by atoms with Crippen LogP contribution in [0.3, 0.4) is 0 Å². The first-order valence-electron chi connectivity index (χ1n) is 21.7. The van der Waals surface area contributed by atoms with Crippen LogP contribution in [-0.4, -0.2) is 11.1 Å². The fourth-order valence-corrected chi connectivity index (χ4v) is 7.32. The van der Waals surface area contributed by atoms with E-state index in [4.69, 9.17) is 0 Å². The smallest absolute Gasteiger partial charge is 0.336 e. The molecule has 0 amide bonds. The van der Waals surface area contributed by atoms with Crippen molar-refractivity contribution in [2.45, 2.75) is 156 Å². The monoisotopic (exact) mass is 735 g/mol. The Morgan fingerprint density at radius 1 is 0.509 bits per heavy atom. The van der Waals surface area contributed by atoms with Crippen molar-refractivity contribution in [3.63, 3.8) is 0 Å². The summed E-state index contributed by atoms with van der Waals surface area (Å²) in [6.07, 6.45) is 24.1. The van der Waals surface area contributed by atoms with Gasteiger partial charge in [0.05, 0.1) is 5.56 Å². The molecule has 0 aliphatic heterocycles. The second kappa shape index (κ2) is 24.8. The molecule has 0 spiro atoms. The van der Waals surface area contributed by atoms with Crippen molar-refractivity contribution in [2.24, 2.45) is 0 Å². The van der Waals surface area contributed by atoms with E-state index in [-0.39, 0.29) is 0 Å². The highest BCUT2D eigenvalue weighted by atomic mass is 16.4. The second-order valence-corrected chi connectivity index (χ2v) is 15.3. The standard InChI is InChI=1S/C53H66O2/c1-5-9-12-15-18-21-24-44-32-33-46(26-23-20-17-14-11-7-3)49(39-44)38-31-43-29-36-48(37-30-43)51-41-45(25-22-19-16-13-10-6-2)40-50(52(51)53(54)55)47-34-27-42(8-4)28-35-47/h27-30,32-37,39-41H,5-21,23-24,26H2,1-4H3,(H,54,55). The molecule has 0 bridgehead atoms. The van der Waals surface area contributed by atoms with E-state index in [0.717, 1.165) is 59.9 Å². The van der Waals surface area contributed by atoms with Crippen molar-refractivity contribution in [3.05, 3.63) is 118 Å². The third kappa shape index (κ3) is 14.6. The summed E-state index contributed by atoms with van der Waals surface area (Å²) in [5.41, 5.74) is 10.3. The highest BCUT2D eigenvalue weighted by Gasteiger charge is 2.20. The Bertz CT molecular complexity index is 1870. The molecule has 0 radical (unpaired) electrons. The van der Waals surface area contributed by atoms with Gasteiger partial charge in [-0.15, -0.1) is 0 Å². The van der Waals surface area contributed by atoms with Crippen LogP contribution >= 0.6 is 0 Å². The first-order chi connectivity index (χ1) is 27.0. The molecule has 0 fully saturated rings. The van der Waals surface area contributed by atoms with Crippen molar-refractivity contribution < 1.29 is 9.90 Å². The first-order valence-corrected chi connectivity index (χ1v) is 21.7. The summed E-state index contributed by atoms with van der Waals surface area (Å²) in [7, 11) is 0. The molecule has 4 rings (SSSR count). The van der Waals surface area contributed by atoms with Crippen LogP contribution < -0.4 is 0 Å². The molecule has 4 aromatic rings. The van der Waals surface area contributed by atoms with Gasteiger partial charge in [-0.05, 0) is 108 Å². The lowest BCUT2D eigenvalue weighted by Gasteiger charge is -2.14. The molecule has 0 aromatic heterocycles. The zero-order chi connectivity index (χ0) is 39.1.